The number of aliphatic hydroxyl groups excluding tert-OH is 1. The van der Waals surface area contributed by atoms with E-state index >= 15 is 0 Å². The molecule has 0 unspecified atom stereocenters. The van der Waals surface area contributed by atoms with Gasteiger partial charge in [-0.25, -0.2) is 0 Å². The Morgan fingerprint density at radius 3 is 2.53 bits per heavy atom. The summed E-state index contributed by atoms with van der Waals surface area (Å²) in [5.74, 6) is 4.50. The number of aliphatic hydroxyl groups is 1. The van der Waals surface area contributed by atoms with Crippen LogP contribution < -0.4 is 0 Å². The number of carbonyl (C=O) groups is 1. The van der Waals surface area contributed by atoms with Crippen molar-refractivity contribution in [2.45, 2.75) is 118 Å². The first-order valence-corrected chi connectivity index (χ1v) is 13.6. The van der Waals surface area contributed by atoms with E-state index in [1.807, 2.05) is 0 Å². The smallest absolute Gasteiger partial charge is 0.303 e. The monoisotopic (exact) mass is 444 g/mol. The normalized spacial score (nSPS) is 44.3. The van der Waals surface area contributed by atoms with Crippen molar-refractivity contribution >= 4 is 5.97 Å². The fourth-order valence-electron chi connectivity index (χ4n) is 9.04. The van der Waals surface area contributed by atoms with E-state index in [0.717, 1.165) is 48.9 Å². The van der Waals surface area contributed by atoms with Crippen molar-refractivity contribution in [3.8, 4) is 0 Å². The van der Waals surface area contributed by atoms with Crippen LogP contribution in [0.1, 0.15) is 106 Å². The highest BCUT2D eigenvalue weighted by atomic mass is 16.6. The quantitative estimate of drug-likeness (QED) is 0.357. The summed E-state index contributed by atoms with van der Waals surface area (Å²) in [4.78, 5) is 11.8. The molecule has 4 rings (SSSR count). The molecular formula is C29H48O3. The molecule has 0 bridgehead atoms. The van der Waals surface area contributed by atoms with E-state index in [-0.39, 0.29) is 11.4 Å². The van der Waals surface area contributed by atoms with Crippen LogP contribution in [-0.4, -0.2) is 23.3 Å². The molecule has 3 fully saturated rings. The lowest BCUT2D eigenvalue weighted by molar-refractivity contribution is -0.155. The topological polar surface area (TPSA) is 46.5 Å². The summed E-state index contributed by atoms with van der Waals surface area (Å²) in [6.45, 7) is 13.8. The molecule has 4 aliphatic rings. The van der Waals surface area contributed by atoms with Crippen LogP contribution in [0.4, 0.5) is 0 Å². The number of allylic oxidation sites excluding steroid dienone is 1. The highest BCUT2D eigenvalue weighted by Gasteiger charge is 2.60. The summed E-state index contributed by atoms with van der Waals surface area (Å²) in [7, 11) is 0. The Kier molecular flexibility index (Phi) is 6.90. The van der Waals surface area contributed by atoms with Gasteiger partial charge >= 0.3 is 5.97 Å². The molecule has 32 heavy (non-hydrogen) atoms. The van der Waals surface area contributed by atoms with Gasteiger partial charge in [-0.2, -0.15) is 0 Å². The van der Waals surface area contributed by atoms with Gasteiger partial charge in [-0.15, -0.1) is 0 Å². The maximum Gasteiger partial charge on any atom is 0.303 e. The van der Waals surface area contributed by atoms with Gasteiger partial charge in [0.2, 0.25) is 0 Å². The molecule has 1 N–H and O–H groups in total. The highest BCUT2D eigenvalue weighted by Crippen LogP contribution is 2.67. The molecule has 0 aromatic carbocycles. The third-order valence-electron chi connectivity index (χ3n) is 10.6. The van der Waals surface area contributed by atoms with Crippen molar-refractivity contribution in [2.24, 2.45) is 46.3 Å². The van der Waals surface area contributed by atoms with E-state index in [1.54, 1.807) is 0 Å². The minimum absolute atomic E-state index is 0.0740. The fraction of sp³-hybridized carbons (Fsp3) is 0.897. The molecule has 4 aliphatic carbocycles. The number of ether oxygens (including phenoxy) is 1. The SMILES string of the molecule is CC(=O)O[C@H]1C2=CC[C@H]3[C@@H]4CC[C@H]([C@H](C)CCCC(C)C)[C@@]4(C)CC[C@@H]3[C@@]2(C)CC[C@@H]1O. The predicted octanol–water partition coefficient (Wildman–Crippen LogP) is 6.93. The number of hydrogen-bond acceptors (Lipinski definition) is 3. The minimum atomic E-state index is -0.550. The number of hydrogen-bond donors (Lipinski definition) is 1. The van der Waals surface area contributed by atoms with Gasteiger partial charge in [0.25, 0.3) is 0 Å². The Hall–Kier alpha value is -0.830. The molecule has 0 aliphatic heterocycles. The molecule has 182 valence electrons. The average Bonchev–Trinajstić information content (AvgIpc) is 3.07. The van der Waals surface area contributed by atoms with Crippen LogP contribution >= 0.6 is 0 Å². The number of carbonyl (C=O) groups excluding carboxylic acids is 1. The summed E-state index contributed by atoms with van der Waals surface area (Å²) in [6.07, 6.45) is 13.9. The van der Waals surface area contributed by atoms with E-state index in [1.165, 1.54) is 57.4 Å². The zero-order valence-corrected chi connectivity index (χ0v) is 21.5. The summed E-state index contributed by atoms with van der Waals surface area (Å²) in [5, 5.41) is 10.6. The Bertz CT molecular complexity index is 726. The Balaban J connectivity index is 1.53. The molecular weight excluding hydrogens is 396 g/mol. The Labute approximate surface area is 196 Å². The summed E-state index contributed by atoms with van der Waals surface area (Å²) in [6, 6.07) is 0. The van der Waals surface area contributed by atoms with Gasteiger partial charge in [0.15, 0.2) is 0 Å². The van der Waals surface area contributed by atoms with Crippen molar-refractivity contribution in [3.63, 3.8) is 0 Å². The van der Waals surface area contributed by atoms with Crippen LogP contribution in [0, 0.1) is 46.3 Å². The average molecular weight is 445 g/mol. The van der Waals surface area contributed by atoms with E-state index in [4.69, 9.17) is 4.74 Å². The van der Waals surface area contributed by atoms with Crippen molar-refractivity contribution in [1.29, 1.82) is 0 Å². The molecule has 0 radical (unpaired) electrons. The van der Waals surface area contributed by atoms with Crippen LogP contribution in [0.15, 0.2) is 11.6 Å². The third-order valence-corrected chi connectivity index (χ3v) is 10.6. The van der Waals surface area contributed by atoms with Crippen molar-refractivity contribution in [1.82, 2.24) is 0 Å². The first kappa shape index (κ1) is 24.3. The lowest BCUT2D eigenvalue weighted by Crippen LogP contribution is -2.54. The highest BCUT2D eigenvalue weighted by molar-refractivity contribution is 5.66. The maximum absolute atomic E-state index is 11.8. The molecule has 0 saturated heterocycles. The Morgan fingerprint density at radius 1 is 1.09 bits per heavy atom. The molecule has 3 heteroatoms. The van der Waals surface area contributed by atoms with Gasteiger partial charge in [-0.3, -0.25) is 4.79 Å². The molecule has 0 aromatic rings. The fourth-order valence-corrected chi connectivity index (χ4v) is 9.04. The van der Waals surface area contributed by atoms with Crippen LogP contribution in [0.5, 0.6) is 0 Å². The van der Waals surface area contributed by atoms with Gasteiger partial charge in [0, 0.05) is 6.92 Å². The summed E-state index contributed by atoms with van der Waals surface area (Å²) >= 11 is 0. The van der Waals surface area contributed by atoms with Crippen LogP contribution in [-0.2, 0) is 9.53 Å². The first-order valence-electron chi connectivity index (χ1n) is 13.6. The molecule has 0 aromatic heterocycles. The van der Waals surface area contributed by atoms with Gasteiger partial charge < -0.3 is 9.84 Å². The van der Waals surface area contributed by atoms with Gasteiger partial charge in [0.05, 0.1) is 6.10 Å². The van der Waals surface area contributed by atoms with Gasteiger partial charge in [-0.05, 0) is 96.9 Å². The maximum atomic E-state index is 11.8. The van der Waals surface area contributed by atoms with Crippen LogP contribution in [0.3, 0.4) is 0 Å². The predicted molar refractivity (Wildman–Crippen MR) is 130 cm³/mol. The second kappa shape index (κ2) is 9.08. The summed E-state index contributed by atoms with van der Waals surface area (Å²) < 4.78 is 5.67. The second-order valence-corrected chi connectivity index (χ2v) is 12.9. The lowest BCUT2D eigenvalue weighted by atomic mass is 9.46. The van der Waals surface area contributed by atoms with Gasteiger partial charge in [-0.1, -0.05) is 60.0 Å². The van der Waals surface area contributed by atoms with Crippen LogP contribution in [0.25, 0.3) is 0 Å². The number of rotatable bonds is 6. The van der Waals surface area contributed by atoms with E-state index in [0.29, 0.717) is 11.3 Å². The summed E-state index contributed by atoms with van der Waals surface area (Å²) in [5.41, 5.74) is 1.79. The zero-order valence-electron chi connectivity index (χ0n) is 21.5. The van der Waals surface area contributed by atoms with E-state index in [2.05, 4.69) is 40.7 Å². The number of fused-ring (bicyclic) bond motifs is 5. The van der Waals surface area contributed by atoms with Crippen molar-refractivity contribution in [2.75, 3.05) is 0 Å². The van der Waals surface area contributed by atoms with Crippen LogP contribution in [0.2, 0.25) is 0 Å². The molecule has 3 nitrogen and oxygen atoms in total. The third kappa shape index (κ3) is 4.10. The Morgan fingerprint density at radius 2 is 1.84 bits per heavy atom. The largest absolute Gasteiger partial charge is 0.455 e. The minimum Gasteiger partial charge on any atom is -0.455 e. The molecule has 0 heterocycles. The number of esters is 1. The van der Waals surface area contributed by atoms with E-state index in [9.17, 15) is 9.90 Å². The molecule has 3 saturated carbocycles. The van der Waals surface area contributed by atoms with E-state index < -0.39 is 12.2 Å². The van der Waals surface area contributed by atoms with Gasteiger partial charge in [0.1, 0.15) is 6.10 Å². The first-order chi connectivity index (χ1) is 15.1. The molecule has 0 spiro atoms. The lowest BCUT2D eigenvalue weighted by Gasteiger charge is -2.59. The second-order valence-electron chi connectivity index (χ2n) is 12.9. The molecule has 0 amide bonds. The van der Waals surface area contributed by atoms with Crippen molar-refractivity contribution in [3.05, 3.63) is 11.6 Å². The standard InChI is InChI=1S/C29H48O3/c1-18(2)8-7-9-19(3)22-12-13-23-21-10-11-25-27(32-20(4)30)26(31)15-17-29(25,6)24(21)14-16-28(22,23)5/h11,18-19,21-24,26-27,31H,7-10,12-17H2,1-6H3/t19-,21+,22-,23+,24+,26+,27+,28-,29-/m1/s1. The molecule has 9 atom stereocenters. The van der Waals surface area contributed by atoms with Crippen molar-refractivity contribution < 1.29 is 14.6 Å². The zero-order chi connectivity index (χ0) is 23.3.